The topological polar surface area (TPSA) is 43.4 Å². The van der Waals surface area contributed by atoms with Crippen LogP contribution in [0.5, 0.6) is 0 Å². The van der Waals surface area contributed by atoms with Crippen molar-refractivity contribution in [3.63, 3.8) is 0 Å². The lowest BCUT2D eigenvalue weighted by molar-refractivity contribution is 0.0673. The average Bonchev–Trinajstić information content (AvgIpc) is 2.44. The predicted octanol–water partition coefficient (Wildman–Crippen LogP) is 2.63. The highest BCUT2D eigenvalue weighted by molar-refractivity contribution is 7.86. The standard InChI is InChI=1S/C12H20O3S/c1-3-11-5-4-10-6-8-12(11,9-7-10)15-16(2,13)14/h3,10H,4-9H2,1-2H3/b11-3-. The zero-order valence-electron chi connectivity index (χ0n) is 10.0. The molecular weight excluding hydrogens is 224 g/mol. The summed E-state index contributed by atoms with van der Waals surface area (Å²) in [5, 5.41) is 0. The largest absolute Gasteiger partial charge is 0.265 e. The second kappa shape index (κ2) is 4.15. The fourth-order valence-electron chi connectivity index (χ4n) is 3.18. The summed E-state index contributed by atoms with van der Waals surface area (Å²) < 4.78 is 28.3. The minimum atomic E-state index is -3.37. The first-order valence-corrected chi connectivity index (χ1v) is 7.83. The molecule has 0 saturated heterocycles. The van der Waals surface area contributed by atoms with E-state index in [1.165, 1.54) is 12.0 Å². The predicted molar refractivity (Wildman–Crippen MR) is 63.6 cm³/mol. The molecule has 16 heavy (non-hydrogen) atoms. The molecule has 0 N–H and O–H groups in total. The van der Waals surface area contributed by atoms with E-state index in [1.807, 2.05) is 6.92 Å². The lowest BCUT2D eigenvalue weighted by Crippen LogP contribution is -2.38. The number of allylic oxidation sites excluding steroid dienone is 1. The van der Waals surface area contributed by atoms with Gasteiger partial charge in [0.05, 0.1) is 6.26 Å². The van der Waals surface area contributed by atoms with E-state index in [1.54, 1.807) is 0 Å². The second-order valence-corrected chi connectivity index (χ2v) is 6.65. The van der Waals surface area contributed by atoms with Crippen LogP contribution < -0.4 is 0 Å². The Morgan fingerprint density at radius 2 is 1.94 bits per heavy atom. The van der Waals surface area contributed by atoms with E-state index >= 15 is 0 Å². The first-order valence-electron chi connectivity index (χ1n) is 6.01. The highest BCUT2D eigenvalue weighted by Crippen LogP contribution is 2.47. The van der Waals surface area contributed by atoms with Crippen molar-refractivity contribution in [2.24, 2.45) is 5.92 Å². The third-order valence-electron chi connectivity index (χ3n) is 3.98. The van der Waals surface area contributed by atoms with Crippen molar-refractivity contribution < 1.29 is 12.6 Å². The molecule has 0 heterocycles. The van der Waals surface area contributed by atoms with Gasteiger partial charge in [-0.05, 0) is 56.9 Å². The van der Waals surface area contributed by atoms with Crippen molar-refractivity contribution >= 4 is 10.1 Å². The molecule has 0 spiro atoms. The van der Waals surface area contributed by atoms with Gasteiger partial charge in [-0.2, -0.15) is 8.42 Å². The molecule has 3 nitrogen and oxygen atoms in total. The fourth-order valence-corrected chi connectivity index (χ4v) is 4.03. The number of hydrogen-bond donors (Lipinski definition) is 0. The molecule has 3 saturated carbocycles. The van der Waals surface area contributed by atoms with Crippen molar-refractivity contribution in [2.75, 3.05) is 6.26 Å². The van der Waals surface area contributed by atoms with Gasteiger partial charge in [-0.25, -0.2) is 0 Å². The van der Waals surface area contributed by atoms with Crippen LogP contribution in [-0.4, -0.2) is 20.3 Å². The first kappa shape index (κ1) is 12.1. The van der Waals surface area contributed by atoms with Gasteiger partial charge < -0.3 is 0 Å². The van der Waals surface area contributed by atoms with E-state index in [0.717, 1.165) is 44.3 Å². The molecule has 4 heteroatoms. The summed E-state index contributed by atoms with van der Waals surface area (Å²) in [6, 6.07) is 0. The van der Waals surface area contributed by atoms with Crippen molar-refractivity contribution in [2.45, 2.75) is 51.0 Å². The van der Waals surface area contributed by atoms with Crippen LogP contribution in [0.3, 0.4) is 0 Å². The highest BCUT2D eigenvalue weighted by atomic mass is 32.2. The number of fused-ring (bicyclic) bond motifs is 4. The maximum atomic E-state index is 11.4. The van der Waals surface area contributed by atoms with Crippen molar-refractivity contribution in [1.29, 1.82) is 0 Å². The van der Waals surface area contributed by atoms with Crippen LogP contribution in [0.2, 0.25) is 0 Å². The smallest absolute Gasteiger partial charge is 0.259 e. The molecule has 0 aromatic rings. The zero-order chi connectivity index (χ0) is 11.8. The molecule has 3 rings (SSSR count). The van der Waals surface area contributed by atoms with E-state index in [0.29, 0.717) is 0 Å². The highest BCUT2D eigenvalue weighted by Gasteiger charge is 2.44. The van der Waals surface area contributed by atoms with Gasteiger partial charge in [-0.15, -0.1) is 0 Å². The Balaban J connectivity index is 2.33. The van der Waals surface area contributed by atoms with Crippen LogP contribution in [0.15, 0.2) is 11.6 Å². The maximum absolute atomic E-state index is 11.4. The number of hydrogen-bond acceptors (Lipinski definition) is 3. The van der Waals surface area contributed by atoms with Crippen molar-refractivity contribution in [1.82, 2.24) is 0 Å². The van der Waals surface area contributed by atoms with E-state index in [-0.39, 0.29) is 0 Å². The summed E-state index contributed by atoms with van der Waals surface area (Å²) in [4.78, 5) is 0. The number of rotatable bonds is 2. The SMILES string of the molecule is C/C=C1/CCC2CCC1(OS(C)(=O)=O)CC2. The summed E-state index contributed by atoms with van der Waals surface area (Å²) in [7, 11) is -3.37. The van der Waals surface area contributed by atoms with E-state index in [9.17, 15) is 8.42 Å². The summed E-state index contributed by atoms with van der Waals surface area (Å²) in [5.41, 5.74) is 0.688. The third kappa shape index (κ3) is 2.33. The van der Waals surface area contributed by atoms with Gasteiger partial charge in [-0.3, -0.25) is 4.18 Å². The van der Waals surface area contributed by atoms with Gasteiger partial charge in [0.15, 0.2) is 0 Å². The summed E-state index contributed by atoms with van der Waals surface area (Å²) in [6.45, 7) is 1.99. The molecular formula is C12H20O3S. The molecule has 0 unspecified atom stereocenters. The Kier molecular flexibility index (Phi) is 3.14. The Morgan fingerprint density at radius 3 is 2.44 bits per heavy atom. The Morgan fingerprint density at radius 1 is 1.31 bits per heavy atom. The maximum Gasteiger partial charge on any atom is 0.265 e. The first-order chi connectivity index (χ1) is 7.45. The van der Waals surface area contributed by atoms with Gasteiger partial charge in [0.25, 0.3) is 10.1 Å². The minimum absolute atomic E-state index is 0.505. The summed E-state index contributed by atoms with van der Waals surface area (Å²) >= 11 is 0. The Labute approximate surface area is 98.0 Å². The summed E-state index contributed by atoms with van der Waals surface area (Å²) in [6.07, 6.45) is 9.34. The molecule has 3 aliphatic rings. The van der Waals surface area contributed by atoms with Crippen molar-refractivity contribution in [3.05, 3.63) is 11.6 Å². The molecule has 0 aliphatic heterocycles. The van der Waals surface area contributed by atoms with Crippen LogP contribution in [0.4, 0.5) is 0 Å². The summed E-state index contributed by atoms with van der Waals surface area (Å²) in [5.74, 6) is 0.772. The lowest BCUT2D eigenvalue weighted by atomic mass is 9.79. The van der Waals surface area contributed by atoms with Gasteiger partial charge >= 0.3 is 0 Å². The Bertz CT molecular complexity index is 386. The zero-order valence-corrected chi connectivity index (χ0v) is 10.8. The second-order valence-electron chi connectivity index (χ2n) is 5.08. The molecule has 0 aromatic heterocycles. The minimum Gasteiger partial charge on any atom is -0.259 e. The molecule has 3 fully saturated rings. The van der Waals surface area contributed by atoms with Gasteiger partial charge in [-0.1, -0.05) is 6.08 Å². The lowest BCUT2D eigenvalue weighted by Gasteiger charge is -2.37. The Hall–Kier alpha value is -0.350. The van der Waals surface area contributed by atoms with Crippen LogP contribution >= 0.6 is 0 Å². The molecule has 0 atom stereocenters. The van der Waals surface area contributed by atoms with E-state index < -0.39 is 15.7 Å². The molecule has 0 amide bonds. The van der Waals surface area contributed by atoms with Gasteiger partial charge in [0.2, 0.25) is 0 Å². The van der Waals surface area contributed by atoms with Gasteiger partial charge in [0, 0.05) is 0 Å². The van der Waals surface area contributed by atoms with Crippen LogP contribution in [-0.2, 0) is 14.3 Å². The molecule has 3 aliphatic carbocycles. The average molecular weight is 244 g/mol. The van der Waals surface area contributed by atoms with Crippen LogP contribution in [0.1, 0.15) is 45.4 Å². The molecule has 0 radical (unpaired) electrons. The quantitative estimate of drug-likeness (QED) is 0.554. The third-order valence-corrected chi connectivity index (χ3v) is 4.60. The molecule has 92 valence electrons. The monoisotopic (exact) mass is 244 g/mol. The van der Waals surface area contributed by atoms with Crippen molar-refractivity contribution in [3.8, 4) is 0 Å². The van der Waals surface area contributed by atoms with E-state index in [2.05, 4.69) is 6.08 Å². The normalized spacial score (nSPS) is 37.6. The molecule has 2 bridgehead atoms. The van der Waals surface area contributed by atoms with Gasteiger partial charge in [0.1, 0.15) is 5.60 Å². The van der Waals surface area contributed by atoms with Crippen LogP contribution in [0, 0.1) is 5.92 Å². The van der Waals surface area contributed by atoms with E-state index in [4.69, 9.17) is 4.18 Å². The molecule has 0 aromatic carbocycles. The van der Waals surface area contributed by atoms with Crippen LogP contribution in [0.25, 0.3) is 0 Å². The fraction of sp³-hybridized carbons (Fsp3) is 0.833.